The van der Waals surface area contributed by atoms with E-state index >= 15 is 0 Å². The molecule has 0 fully saturated rings. The van der Waals surface area contributed by atoms with Gasteiger partial charge in [-0.3, -0.25) is 0 Å². The average molecular weight is 499 g/mol. The zero-order valence-corrected chi connectivity index (χ0v) is 26.1. The highest BCUT2D eigenvalue weighted by Crippen LogP contribution is 2.62. The van der Waals surface area contributed by atoms with E-state index in [1.165, 1.54) is 33.1 Å². The molecule has 2 nitrogen and oxygen atoms in total. The number of benzene rings is 2. The maximum atomic E-state index is 6.14. The number of hydrogen-bond donors (Lipinski definition) is 0. The van der Waals surface area contributed by atoms with Gasteiger partial charge in [-0.15, -0.1) is 0 Å². The van der Waals surface area contributed by atoms with Gasteiger partial charge < -0.3 is 9.47 Å². The molecule has 0 atom stereocenters. The summed E-state index contributed by atoms with van der Waals surface area (Å²) >= 11 is 0. The molecule has 2 rings (SSSR count). The van der Waals surface area contributed by atoms with Crippen molar-refractivity contribution in [3.05, 3.63) is 41.0 Å². The average Bonchev–Trinajstić information content (AvgIpc) is 2.69. The Morgan fingerprint density at radius 2 is 1.03 bits per heavy atom. The van der Waals surface area contributed by atoms with E-state index in [0.29, 0.717) is 11.8 Å². The minimum absolute atomic E-state index is 0.0799. The van der Waals surface area contributed by atoms with Crippen molar-refractivity contribution >= 4 is 13.2 Å². The highest BCUT2D eigenvalue weighted by Gasteiger charge is 2.41. The lowest BCUT2D eigenvalue weighted by atomic mass is 9.77. The first-order valence-electron chi connectivity index (χ1n) is 13.1. The molecule has 0 saturated carbocycles. The Balaban J connectivity index is 3.26. The predicted molar refractivity (Wildman–Crippen MR) is 158 cm³/mol. The van der Waals surface area contributed by atoms with Crippen LogP contribution in [0.1, 0.15) is 119 Å². The van der Waals surface area contributed by atoms with Crippen molar-refractivity contribution in [3.8, 4) is 22.6 Å². The third kappa shape index (κ3) is 6.25. The van der Waals surface area contributed by atoms with Crippen molar-refractivity contribution in [2.45, 2.75) is 118 Å². The van der Waals surface area contributed by atoms with E-state index < -0.39 is 7.92 Å². The van der Waals surface area contributed by atoms with Crippen molar-refractivity contribution in [2.24, 2.45) is 0 Å². The van der Waals surface area contributed by atoms with E-state index in [1.54, 1.807) is 7.11 Å². The molecule has 0 saturated heterocycles. The van der Waals surface area contributed by atoms with Crippen LogP contribution in [0.4, 0.5) is 0 Å². The van der Waals surface area contributed by atoms with Gasteiger partial charge in [-0.05, 0) is 61.9 Å². The van der Waals surface area contributed by atoms with Crippen LogP contribution < -0.4 is 14.8 Å². The second kappa shape index (κ2) is 10.5. The lowest BCUT2D eigenvalue weighted by Gasteiger charge is -2.43. The first-order chi connectivity index (χ1) is 15.9. The van der Waals surface area contributed by atoms with Crippen LogP contribution in [0.15, 0.2) is 24.3 Å². The Morgan fingerprint density at radius 3 is 1.34 bits per heavy atom. The van der Waals surface area contributed by atoms with Crippen LogP contribution in [-0.4, -0.2) is 24.5 Å². The summed E-state index contributed by atoms with van der Waals surface area (Å²) in [5.41, 5.74) is 6.84. The van der Waals surface area contributed by atoms with E-state index in [0.717, 1.165) is 11.5 Å². The van der Waals surface area contributed by atoms with Gasteiger partial charge in [0.2, 0.25) is 0 Å². The van der Waals surface area contributed by atoms with E-state index in [9.17, 15) is 0 Å². The minimum atomic E-state index is -0.629. The summed E-state index contributed by atoms with van der Waals surface area (Å²) < 4.78 is 12.3. The van der Waals surface area contributed by atoms with E-state index in [-0.39, 0.29) is 15.7 Å². The van der Waals surface area contributed by atoms with E-state index in [4.69, 9.17) is 9.47 Å². The summed E-state index contributed by atoms with van der Waals surface area (Å²) in [6, 6.07) is 9.11. The minimum Gasteiger partial charge on any atom is -0.496 e. The summed E-state index contributed by atoms with van der Waals surface area (Å²) in [7, 11) is 2.98. The summed E-state index contributed by atoms with van der Waals surface area (Å²) in [6.45, 7) is 30.5. The van der Waals surface area contributed by atoms with Crippen molar-refractivity contribution in [2.75, 3.05) is 14.2 Å². The van der Waals surface area contributed by atoms with Crippen LogP contribution in [-0.2, 0) is 5.41 Å². The second-order valence-electron chi connectivity index (χ2n) is 13.5. The standard InChI is InChI=1S/C32H51O2P/c1-20(2)23-18-22(30(5,6)7)19-24(21(3)4)27(23)28-25(33-14)16-17-26(34-15)29(28)35(31(8,9)10)32(11,12)13/h16-21H,1-15H3. The zero-order chi connectivity index (χ0) is 27.1. The van der Waals surface area contributed by atoms with Crippen LogP contribution >= 0.6 is 7.92 Å². The van der Waals surface area contributed by atoms with Gasteiger partial charge in [0.05, 0.1) is 14.2 Å². The molecule has 0 N–H and O–H groups in total. The van der Waals surface area contributed by atoms with Gasteiger partial charge in [0.15, 0.2) is 0 Å². The summed E-state index contributed by atoms with van der Waals surface area (Å²) in [5, 5.41) is 1.50. The molecular formula is C32H51O2P. The normalized spacial score (nSPS) is 13.2. The lowest BCUT2D eigenvalue weighted by molar-refractivity contribution is 0.407. The van der Waals surface area contributed by atoms with Gasteiger partial charge in [-0.1, -0.05) is 110 Å². The fourth-order valence-electron chi connectivity index (χ4n) is 5.35. The molecule has 0 radical (unpaired) electrons. The molecule has 2 aromatic rings. The molecule has 0 aromatic heterocycles. The molecule has 0 amide bonds. The Bertz CT molecular complexity index is 984. The number of ether oxygens (including phenoxy) is 2. The quantitative estimate of drug-likeness (QED) is 0.369. The van der Waals surface area contributed by atoms with Crippen LogP contribution in [0.5, 0.6) is 11.5 Å². The Labute approximate surface area is 218 Å². The van der Waals surface area contributed by atoms with Gasteiger partial charge in [0.1, 0.15) is 11.5 Å². The van der Waals surface area contributed by atoms with Crippen LogP contribution in [0, 0.1) is 0 Å². The molecular weight excluding hydrogens is 447 g/mol. The van der Waals surface area contributed by atoms with Crippen LogP contribution in [0.2, 0.25) is 0 Å². The van der Waals surface area contributed by atoms with Gasteiger partial charge in [0.25, 0.3) is 0 Å². The van der Waals surface area contributed by atoms with Crippen molar-refractivity contribution < 1.29 is 9.47 Å². The molecule has 35 heavy (non-hydrogen) atoms. The monoisotopic (exact) mass is 498 g/mol. The van der Waals surface area contributed by atoms with Gasteiger partial charge in [-0.25, -0.2) is 0 Å². The fourth-order valence-corrected chi connectivity index (χ4v) is 9.54. The SMILES string of the molecule is COc1ccc(OC)c(P(C(C)(C)C)C(C)(C)C)c1-c1c(C(C)C)cc(C(C)(C)C)cc1C(C)C. The molecule has 0 aliphatic carbocycles. The first kappa shape index (κ1) is 29.7. The van der Waals surface area contributed by atoms with E-state index in [2.05, 4.69) is 114 Å². The third-order valence-corrected chi connectivity index (χ3v) is 10.2. The summed E-state index contributed by atoms with van der Waals surface area (Å²) in [6.07, 6.45) is 0. The zero-order valence-electron chi connectivity index (χ0n) is 25.2. The predicted octanol–water partition coefficient (Wildman–Crippen LogP) is 9.62. The largest absolute Gasteiger partial charge is 0.496 e. The molecule has 0 spiro atoms. The van der Waals surface area contributed by atoms with Crippen molar-refractivity contribution in [3.63, 3.8) is 0 Å². The third-order valence-electron chi connectivity index (χ3n) is 6.67. The molecule has 0 unspecified atom stereocenters. The highest BCUT2D eigenvalue weighted by molar-refractivity contribution is 7.69. The maximum Gasteiger partial charge on any atom is 0.127 e. The smallest absolute Gasteiger partial charge is 0.127 e. The topological polar surface area (TPSA) is 18.5 Å². The Kier molecular flexibility index (Phi) is 8.87. The molecule has 0 bridgehead atoms. The Hall–Kier alpha value is -1.53. The summed E-state index contributed by atoms with van der Waals surface area (Å²) in [4.78, 5) is 0. The molecule has 0 heterocycles. The number of rotatable bonds is 6. The first-order valence-corrected chi connectivity index (χ1v) is 14.4. The van der Waals surface area contributed by atoms with Crippen LogP contribution in [0.25, 0.3) is 11.1 Å². The second-order valence-corrected chi connectivity index (χ2v) is 17.3. The van der Waals surface area contributed by atoms with Gasteiger partial charge in [0, 0.05) is 10.9 Å². The fraction of sp³-hybridized carbons (Fsp3) is 0.625. The van der Waals surface area contributed by atoms with Crippen molar-refractivity contribution in [1.29, 1.82) is 0 Å². The molecule has 3 heteroatoms. The Morgan fingerprint density at radius 1 is 0.629 bits per heavy atom. The van der Waals surface area contributed by atoms with Gasteiger partial charge >= 0.3 is 0 Å². The van der Waals surface area contributed by atoms with Crippen LogP contribution in [0.3, 0.4) is 0 Å². The number of methoxy groups -OCH3 is 2. The maximum absolute atomic E-state index is 6.14. The summed E-state index contributed by atoms with van der Waals surface area (Å²) in [5.74, 6) is 2.67. The highest BCUT2D eigenvalue weighted by atomic mass is 31.1. The molecule has 0 aliphatic rings. The molecule has 2 aromatic carbocycles. The number of hydrogen-bond acceptors (Lipinski definition) is 2. The van der Waals surface area contributed by atoms with Crippen molar-refractivity contribution in [1.82, 2.24) is 0 Å². The molecule has 0 aliphatic heterocycles. The molecule has 196 valence electrons. The van der Waals surface area contributed by atoms with E-state index in [1.807, 2.05) is 7.11 Å². The van der Waals surface area contributed by atoms with Gasteiger partial charge in [-0.2, -0.15) is 0 Å². The lowest BCUT2D eigenvalue weighted by Crippen LogP contribution is -2.33.